The number of aromatic nitrogens is 1. The van der Waals surface area contributed by atoms with E-state index in [0.29, 0.717) is 29.2 Å². The van der Waals surface area contributed by atoms with Crippen LogP contribution in [0.2, 0.25) is 0 Å². The number of ketones is 2. The van der Waals surface area contributed by atoms with Crippen LogP contribution in [0.15, 0.2) is 28.8 Å². The Morgan fingerprint density at radius 1 is 1.29 bits per heavy atom. The number of benzene rings is 1. The van der Waals surface area contributed by atoms with E-state index in [9.17, 15) is 9.59 Å². The zero-order valence-electron chi connectivity index (χ0n) is 12.1. The fraction of sp³-hybridized carbons (Fsp3) is 0.312. The van der Waals surface area contributed by atoms with Gasteiger partial charge in [-0.2, -0.15) is 0 Å². The Morgan fingerprint density at radius 3 is 2.76 bits per heavy atom. The molecule has 1 aliphatic rings. The molecule has 0 saturated heterocycles. The van der Waals surface area contributed by atoms with Gasteiger partial charge in [0.1, 0.15) is 17.2 Å². The summed E-state index contributed by atoms with van der Waals surface area (Å²) >= 11 is 0. The Bertz CT molecular complexity index is 742. The minimum absolute atomic E-state index is 0.285. The summed E-state index contributed by atoms with van der Waals surface area (Å²) in [5.74, 6) is 0.198. The lowest BCUT2D eigenvalue weighted by Crippen LogP contribution is -2.38. The van der Waals surface area contributed by atoms with Crippen LogP contribution in [0.5, 0.6) is 5.75 Å². The van der Waals surface area contributed by atoms with Crippen LogP contribution in [0.1, 0.15) is 30.0 Å². The number of hydrogen-bond donors (Lipinski definition) is 0. The lowest BCUT2D eigenvalue weighted by molar-refractivity contribution is -0.123. The van der Waals surface area contributed by atoms with Gasteiger partial charge in [-0.3, -0.25) is 9.59 Å². The van der Waals surface area contributed by atoms with Crippen molar-refractivity contribution in [2.24, 2.45) is 5.41 Å². The number of fused-ring (bicyclic) bond motifs is 1. The smallest absolute Gasteiger partial charge is 0.234 e. The fourth-order valence-electron chi connectivity index (χ4n) is 2.55. The van der Waals surface area contributed by atoms with Crippen molar-refractivity contribution in [3.05, 3.63) is 35.6 Å². The van der Waals surface area contributed by atoms with Crippen LogP contribution in [0.25, 0.3) is 11.3 Å². The van der Waals surface area contributed by atoms with Gasteiger partial charge in [0.25, 0.3) is 0 Å². The van der Waals surface area contributed by atoms with Crippen LogP contribution in [0.3, 0.4) is 0 Å². The van der Waals surface area contributed by atoms with Gasteiger partial charge in [-0.25, -0.2) is 0 Å². The maximum atomic E-state index is 12.4. The van der Waals surface area contributed by atoms with Crippen molar-refractivity contribution in [2.45, 2.75) is 20.3 Å². The summed E-state index contributed by atoms with van der Waals surface area (Å²) in [7, 11) is 1.56. The summed E-state index contributed by atoms with van der Waals surface area (Å²) in [4.78, 5) is 24.5. The third kappa shape index (κ3) is 2.05. The number of nitrogens with zero attached hydrogens (tertiary/aromatic N) is 1. The quantitative estimate of drug-likeness (QED) is 0.793. The van der Waals surface area contributed by atoms with E-state index in [0.717, 1.165) is 0 Å². The van der Waals surface area contributed by atoms with Crippen molar-refractivity contribution < 1.29 is 18.8 Å². The van der Waals surface area contributed by atoms with Crippen LogP contribution < -0.4 is 4.74 Å². The van der Waals surface area contributed by atoms with Crippen molar-refractivity contribution in [2.75, 3.05) is 7.11 Å². The van der Waals surface area contributed by atoms with E-state index in [4.69, 9.17) is 9.26 Å². The van der Waals surface area contributed by atoms with Gasteiger partial charge in [-0.15, -0.1) is 0 Å². The largest absolute Gasteiger partial charge is 0.497 e. The Morgan fingerprint density at radius 2 is 2.05 bits per heavy atom. The van der Waals surface area contributed by atoms with Crippen molar-refractivity contribution in [3.63, 3.8) is 0 Å². The first-order chi connectivity index (χ1) is 9.94. The van der Waals surface area contributed by atoms with Crippen LogP contribution in [-0.2, 0) is 11.2 Å². The van der Waals surface area contributed by atoms with Gasteiger partial charge in [0.05, 0.1) is 12.7 Å². The molecule has 1 heterocycles. The molecule has 2 aromatic rings. The highest BCUT2D eigenvalue weighted by Gasteiger charge is 2.44. The molecule has 0 saturated carbocycles. The number of carbonyl (C=O) groups excluding carboxylic acids is 2. The van der Waals surface area contributed by atoms with Crippen molar-refractivity contribution >= 4 is 11.6 Å². The normalized spacial score (nSPS) is 16.7. The maximum absolute atomic E-state index is 12.4. The van der Waals surface area contributed by atoms with E-state index in [1.807, 2.05) is 0 Å². The number of rotatable bonds is 2. The van der Waals surface area contributed by atoms with Crippen LogP contribution in [0, 0.1) is 5.41 Å². The molecule has 0 spiro atoms. The van der Waals surface area contributed by atoms with Gasteiger partial charge in [-0.1, -0.05) is 31.1 Å². The molecule has 0 bridgehead atoms. The highest BCUT2D eigenvalue weighted by molar-refractivity contribution is 6.47. The predicted molar refractivity (Wildman–Crippen MR) is 75.3 cm³/mol. The fourth-order valence-corrected chi connectivity index (χ4v) is 2.55. The van der Waals surface area contributed by atoms with Gasteiger partial charge in [0, 0.05) is 17.4 Å². The monoisotopic (exact) mass is 285 g/mol. The average Bonchev–Trinajstić information content (AvgIpc) is 2.88. The van der Waals surface area contributed by atoms with Gasteiger partial charge < -0.3 is 9.26 Å². The maximum Gasteiger partial charge on any atom is 0.234 e. The Hall–Kier alpha value is -2.43. The molecule has 3 rings (SSSR count). The van der Waals surface area contributed by atoms with E-state index in [1.165, 1.54) is 0 Å². The molecule has 1 aliphatic carbocycles. The summed E-state index contributed by atoms with van der Waals surface area (Å²) in [5, 5.41) is 3.99. The van der Waals surface area contributed by atoms with Crippen LogP contribution >= 0.6 is 0 Å². The van der Waals surface area contributed by atoms with E-state index in [-0.39, 0.29) is 5.56 Å². The molecule has 21 heavy (non-hydrogen) atoms. The SMILES string of the molecule is COc1cccc(-c2noc3c2C(=O)C(=O)C(C)(C)C3)c1. The average molecular weight is 285 g/mol. The summed E-state index contributed by atoms with van der Waals surface area (Å²) in [6, 6.07) is 7.16. The molecular formula is C16H15NO4. The molecule has 108 valence electrons. The molecule has 5 heteroatoms. The number of methoxy groups -OCH3 is 1. The van der Waals surface area contributed by atoms with Gasteiger partial charge >= 0.3 is 0 Å². The second-order valence-corrected chi connectivity index (χ2v) is 5.78. The highest BCUT2D eigenvalue weighted by atomic mass is 16.5. The minimum atomic E-state index is -0.741. The Kier molecular flexibility index (Phi) is 2.93. The second-order valence-electron chi connectivity index (χ2n) is 5.78. The third-order valence-corrected chi connectivity index (χ3v) is 3.76. The minimum Gasteiger partial charge on any atom is -0.497 e. The lowest BCUT2D eigenvalue weighted by atomic mass is 9.74. The molecule has 0 atom stereocenters. The molecule has 0 fully saturated rings. The second kappa shape index (κ2) is 4.55. The van der Waals surface area contributed by atoms with Crippen molar-refractivity contribution in [1.29, 1.82) is 0 Å². The van der Waals surface area contributed by atoms with E-state index >= 15 is 0 Å². The van der Waals surface area contributed by atoms with E-state index < -0.39 is 17.0 Å². The van der Waals surface area contributed by atoms with Crippen molar-refractivity contribution in [1.82, 2.24) is 5.16 Å². The standard InChI is InChI=1S/C16H15NO4/c1-16(2)8-11-12(14(18)15(16)19)13(17-21-11)9-5-4-6-10(7-9)20-3/h4-7H,8H2,1-3H3. The molecule has 0 aliphatic heterocycles. The zero-order chi connectivity index (χ0) is 15.2. The zero-order valence-corrected chi connectivity index (χ0v) is 12.1. The predicted octanol–water partition coefficient (Wildman–Crippen LogP) is 2.68. The Labute approximate surface area is 121 Å². The molecule has 0 amide bonds. The van der Waals surface area contributed by atoms with Crippen LogP contribution in [0.4, 0.5) is 0 Å². The molecule has 0 N–H and O–H groups in total. The highest BCUT2D eigenvalue weighted by Crippen LogP contribution is 2.37. The van der Waals surface area contributed by atoms with Gasteiger partial charge in [0.2, 0.25) is 11.6 Å². The molecule has 0 unspecified atom stereocenters. The van der Waals surface area contributed by atoms with Gasteiger partial charge in [-0.05, 0) is 12.1 Å². The number of Topliss-reactive ketones (excluding diaryl/α,β-unsaturated/α-hetero) is 2. The topological polar surface area (TPSA) is 69.4 Å². The first-order valence-electron chi connectivity index (χ1n) is 6.66. The molecule has 1 aromatic carbocycles. The number of ether oxygens (including phenoxy) is 1. The summed E-state index contributed by atoms with van der Waals surface area (Å²) in [5.41, 5.74) is 0.639. The molecule has 0 radical (unpaired) electrons. The molecular weight excluding hydrogens is 270 g/mol. The first kappa shape index (κ1) is 13.5. The number of hydrogen-bond acceptors (Lipinski definition) is 5. The molecule has 5 nitrogen and oxygen atoms in total. The van der Waals surface area contributed by atoms with E-state index in [2.05, 4.69) is 5.16 Å². The Balaban J connectivity index is 2.14. The summed E-state index contributed by atoms with van der Waals surface area (Å²) < 4.78 is 10.5. The summed E-state index contributed by atoms with van der Waals surface area (Å²) in [6.07, 6.45) is 0.379. The summed E-state index contributed by atoms with van der Waals surface area (Å²) in [6.45, 7) is 3.48. The van der Waals surface area contributed by atoms with Crippen molar-refractivity contribution in [3.8, 4) is 17.0 Å². The number of carbonyl (C=O) groups is 2. The first-order valence-corrected chi connectivity index (χ1v) is 6.66. The lowest BCUT2D eigenvalue weighted by Gasteiger charge is -2.24. The van der Waals surface area contributed by atoms with Crippen LogP contribution in [-0.4, -0.2) is 23.8 Å². The van der Waals surface area contributed by atoms with Gasteiger partial charge in [0.15, 0.2) is 0 Å². The third-order valence-electron chi connectivity index (χ3n) is 3.76. The van der Waals surface area contributed by atoms with E-state index in [1.54, 1.807) is 45.2 Å². The molecule has 1 aromatic heterocycles.